The number of phenols is 1. The van der Waals surface area contributed by atoms with E-state index in [9.17, 15) is 0 Å². The van der Waals surface area contributed by atoms with Gasteiger partial charge in [-0.15, -0.1) is 0 Å². The first-order valence-corrected chi connectivity index (χ1v) is 4.76. The molecule has 0 heterocycles. The first kappa shape index (κ1) is 8.42. The van der Waals surface area contributed by atoms with E-state index < -0.39 is 0 Å². The molecular formula is C11H14O2. The summed E-state index contributed by atoms with van der Waals surface area (Å²) >= 11 is 0. The van der Waals surface area contributed by atoms with Crippen LogP contribution in [0.3, 0.4) is 0 Å². The second kappa shape index (κ2) is 3.69. The van der Waals surface area contributed by atoms with Gasteiger partial charge < -0.3 is 9.84 Å². The fraction of sp³-hybridized carbons (Fsp3) is 0.455. The van der Waals surface area contributed by atoms with Gasteiger partial charge in [0.05, 0.1) is 6.61 Å². The summed E-state index contributed by atoms with van der Waals surface area (Å²) in [5, 5.41) is 9.04. The second-order valence-electron chi connectivity index (χ2n) is 3.60. The van der Waals surface area contributed by atoms with Crippen molar-refractivity contribution in [2.75, 3.05) is 6.61 Å². The van der Waals surface area contributed by atoms with Crippen molar-refractivity contribution in [3.63, 3.8) is 0 Å². The van der Waals surface area contributed by atoms with Crippen LogP contribution in [0.25, 0.3) is 0 Å². The number of ether oxygens (including phenoxy) is 1. The molecular weight excluding hydrogens is 164 g/mol. The lowest BCUT2D eigenvalue weighted by molar-refractivity contribution is 0.180. The average Bonchev–Trinajstić information content (AvgIpc) is 2.05. The first-order valence-electron chi connectivity index (χ1n) is 4.76. The molecule has 0 atom stereocenters. The van der Waals surface area contributed by atoms with Gasteiger partial charge in [-0.05, 0) is 43.0 Å². The summed E-state index contributed by atoms with van der Waals surface area (Å²) in [4.78, 5) is 0. The Labute approximate surface area is 78.2 Å². The van der Waals surface area contributed by atoms with Crippen LogP contribution in [-0.2, 0) is 0 Å². The monoisotopic (exact) mass is 178 g/mol. The minimum atomic E-state index is 0.288. The van der Waals surface area contributed by atoms with Crippen molar-refractivity contribution in [2.45, 2.75) is 19.3 Å². The van der Waals surface area contributed by atoms with Crippen molar-refractivity contribution in [3.05, 3.63) is 24.3 Å². The quantitative estimate of drug-likeness (QED) is 0.770. The maximum Gasteiger partial charge on any atom is 0.119 e. The lowest BCUT2D eigenvalue weighted by Crippen LogP contribution is -2.19. The molecule has 1 aromatic carbocycles. The minimum Gasteiger partial charge on any atom is -0.508 e. The second-order valence-corrected chi connectivity index (χ2v) is 3.60. The van der Waals surface area contributed by atoms with Crippen molar-refractivity contribution >= 4 is 0 Å². The van der Waals surface area contributed by atoms with Crippen LogP contribution in [0.15, 0.2) is 24.3 Å². The van der Waals surface area contributed by atoms with E-state index in [1.807, 2.05) is 0 Å². The highest BCUT2D eigenvalue weighted by Gasteiger charge is 2.17. The summed E-state index contributed by atoms with van der Waals surface area (Å²) in [7, 11) is 0. The van der Waals surface area contributed by atoms with Gasteiger partial charge in [-0.2, -0.15) is 0 Å². The summed E-state index contributed by atoms with van der Waals surface area (Å²) < 4.78 is 5.55. The number of rotatable bonds is 3. The maximum atomic E-state index is 9.04. The van der Waals surface area contributed by atoms with Crippen LogP contribution in [0.1, 0.15) is 19.3 Å². The van der Waals surface area contributed by atoms with Gasteiger partial charge in [-0.1, -0.05) is 6.42 Å². The van der Waals surface area contributed by atoms with Crippen molar-refractivity contribution in [2.24, 2.45) is 5.92 Å². The van der Waals surface area contributed by atoms with E-state index in [0.717, 1.165) is 18.3 Å². The van der Waals surface area contributed by atoms with E-state index in [0.29, 0.717) is 0 Å². The van der Waals surface area contributed by atoms with Crippen LogP contribution >= 0.6 is 0 Å². The number of benzene rings is 1. The topological polar surface area (TPSA) is 29.5 Å². The number of hydrogen-bond acceptors (Lipinski definition) is 2. The molecule has 1 saturated carbocycles. The Morgan fingerprint density at radius 1 is 1.23 bits per heavy atom. The lowest BCUT2D eigenvalue weighted by Gasteiger charge is -2.25. The summed E-state index contributed by atoms with van der Waals surface area (Å²) in [6.07, 6.45) is 3.96. The summed E-state index contributed by atoms with van der Waals surface area (Å²) in [5.74, 6) is 1.90. The van der Waals surface area contributed by atoms with E-state index >= 15 is 0 Å². The van der Waals surface area contributed by atoms with Gasteiger partial charge in [-0.25, -0.2) is 0 Å². The third-order valence-electron chi connectivity index (χ3n) is 2.55. The Kier molecular flexibility index (Phi) is 2.39. The average molecular weight is 178 g/mol. The fourth-order valence-corrected chi connectivity index (χ4v) is 1.42. The molecule has 0 radical (unpaired) electrons. The Hall–Kier alpha value is -1.18. The summed E-state index contributed by atoms with van der Waals surface area (Å²) in [5.41, 5.74) is 0. The molecule has 1 fully saturated rings. The van der Waals surface area contributed by atoms with Gasteiger partial charge in [0.25, 0.3) is 0 Å². The molecule has 2 nitrogen and oxygen atoms in total. The van der Waals surface area contributed by atoms with Crippen molar-refractivity contribution in [1.82, 2.24) is 0 Å². The summed E-state index contributed by atoms with van der Waals surface area (Å²) in [6.45, 7) is 0.824. The van der Waals surface area contributed by atoms with Gasteiger partial charge in [0.15, 0.2) is 0 Å². The molecule has 0 amide bonds. The van der Waals surface area contributed by atoms with Gasteiger partial charge >= 0.3 is 0 Å². The van der Waals surface area contributed by atoms with Crippen molar-refractivity contribution < 1.29 is 9.84 Å². The van der Waals surface area contributed by atoms with Crippen LogP contribution in [0.4, 0.5) is 0 Å². The first-order chi connectivity index (χ1) is 6.34. The molecule has 0 saturated heterocycles. The van der Waals surface area contributed by atoms with Gasteiger partial charge in [-0.3, -0.25) is 0 Å². The number of hydrogen-bond donors (Lipinski definition) is 1. The molecule has 1 aromatic rings. The predicted molar refractivity (Wildman–Crippen MR) is 50.9 cm³/mol. The Morgan fingerprint density at radius 3 is 2.46 bits per heavy atom. The molecule has 0 spiro atoms. The van der Waals surface area contributed by atoms with E-state index in [-0.39, 0.29) is 5.75 Å². The molecule has 1 N–H and O–H groups in total. The molecule has 13 heavy (non-hydrogen) atoms. The molecule has 2 rings (SSSR count). The fourth-order valence-electron chi connectivity index (χ4n) is 1.42. The third-order valence-corrected chi connectivity index (χ3v) is 2.55. The van der Waals surface area contributed by atoms with Crippen LogP contribution in [0, 0.1) is 5.92 Å². The third kappa shape index (κ3) is 2.14. The van der Waals surface area contributed by atoms with Crippen LogP contribution in [-0.4, -0.2) is 11.7 Å². The zero-order valence-electron chi connectivity index (χ0n) is 7.57. The zero-order valence-corrected chi connectivity index (χ0v) is 7.57. The highest BCUT2D eigenvalue weighted by Crippen LogP contribution is 2.27. The largest absolute Gasteiger partial charge is 0.508 e. The van der Waals surface area contributed by atoms with Gasteiger partial charge in [0, 0.05) is 0 Å². The SMILES string of the molecule is Oc1ccc(OCC2CCC2)cc1. The van der Waals surface area contributed by atoms with Gasteiger partial charge in [0.2, 0.25) is 0 Å². The Morgan fingerprint density at radius 2 is 1.92 bits per heavy atom. The molecule has 1 aliphatic rings. The van der Waals surface area contributed by atoms with Crippen LogP contribution in [0.5, 0.6) is 11.5 Å². The summed E-state index contributed by atoms with van der Waals surface area (Å²) in [6, 6.07) is 6.90. The lowest BCUT2D eigenvalue weighted by atomic mass is 9.86. The van der Waals surface area contributed by atoms with Crippen LogP contribution in [0.2, 0.25) is 0 Å². The molecule has 0 bridgehead atoms. The Bertz CT molecular complexity index is 262. The highest BCUT2D eigenvalue weighted by atomic mass is 16.5. The molecule has 2 heteroatoms. The van der Waals surface area contributed by atoms with E-state index in [4.69, 9.17) is 9.84 Å². The normalized spacial score (nSPS) is 16.6. The van der Waals surface area contributed by atoms with Crippen molar-refractivity contribution in [1.29, 1.82) is 0 Å². The van der Waals surface area contributed by atoms with E-state index in [1.165, 1.54) is 19.3 Å². The van der Waals surface area contributed by atoms with Crippen molar-refractivity contribution in [3.8, 4) is 11.5 Å². The highest BCUT2D eigenvalue weighted by molar-refractivity contribution is 5.30. The molecule has 0 unspecified atom stereocenters. The molecule has 0 aliphatic heterocycles. The zero-order chi connectivity index (χ0) is 9.10. The smallest absolute Gasteiger partial charge is 0.119 e. The predicted octanol–water partition coefficient (Wildman–Crippen LogP) is 2.57. The molecule has 0 aromatic heterocycles. The standard InChI is InChI=1S/C11H14O2/c12-10-4-6-11(7-5-10)13-8-9-2-1-3-9/h4-7,9,12H,1-3,8H2. The van der Waals surface area contributed by atoms with E-state index in [2.05, 4.69) is 0 Å². The Balaban J connectivity index is 1.83. The van der Waals surface area contributed by atoms with Crippen LogP contribution < -0.4 is 4.74 Å². The molecule has 70 valence electrons. The molecule has 1 aliphatic carbocycles. The number of aromatic hydroxyl groups is 1. The number of phenolic OH excluding ortho intramolecular Hbond substituents is 1. The van der Waals surface area contributed by atoms with E-state index in [1.54, 1.807) is 24.3 Å². The van der Waals surface area contributed by atoms with Gasteiger partial charge in [0.1, 0.15) is 11.5 Å². The maximum absolute atomic E-state index is 9.04. The minimum absolute atomic E-state index is 0.288.